The molecule has 0 aromatic heterocycles. The molecule has 0 aliphatic carbocycles. The predicted molar refractivity (Wildman–Crippen MR) is 82.4 cm³/mol. The second-order valence-electron chi connectivity index (χ2n) is 4.91. The highest BCUT2D eigenvalue weighted by Crippen LogP contribution is 2.14. The van der Waals surface area contributed by atoms with Crippen LogP contribution in [-0.2, 0) is 11.2 Å². The summed E-state index contributed by atoms with van der Waals surface area (Å²) >= 11 is 0. The van der Waals surface area contributed by atoms with Crippen LogP contribution in [0, 0.1) is 0 Å². The van der Waals surface area contributed by atoms with Gasteiger partial charge in [0.1, 0.15) is 0 Å². The Morgan fingerprint density at radius 2 is 1.75 bits per heavy atom. The largest absolute Gasteiger partial charge is 0.399 e. The van der Waals surface area contributed by atoms with E-state index in [0.29, 0.717) is 6.54 Å². The molecule has 2 aromatic rings. The van der Waals surface area contributed by atoms with Crippen LogP contribution < -0.4 is 11.1 Å². The van der Waals surface area contributed by atoms with Gasteiger partial charge in [0, 0.05) is 12.2 Å². The van der Waals surface area contributed by atoms with Crippen molar-refractivity contribution in [1.82, 2.24) is 5.32 Å². The zero-order chi connectivity index (χ0) is 14.4. The molecular formula is C17H20N2O. The van der Waals surface area contributed by atoms with Gasteiger partial charge in [0.05, 0.1) is 5.92 Å². The molecule has 20 heavy (non-hydrogen) atoms. The van der Waals surface area contributed by atoms with Crippen LogP contribution in [0.15, 0.2) is 54.6 Å². The maximum atomic E-state index is 12.1. The van der Waals surface area contributed by atoms with Gasteiger partial charge in [0.2, 0.25) is 5.91 Å². The molecule has 1 amide bonds. The van der Waals surface area contributed by atoms with Crippen LogP contribution in [0.1, 0.15) is 24.0 Å². The molecule has 3 N–H and O–H groups in total. The number of nitrogen functional groups attached to an aromatic ring is 1. The van der Waals surface area contributed by atoms with Crippen molar-refractivity contribution in [2.24, 2.45) is 0 Å². The van der Waals surface area contributed by atoms with Crippen LogP contribution in [0.3, 0.4) is 0 Å². The summed E-state index contributed by atoms with van der Waals surface area (Å²) < 4.78 is 0. The summed E-state index contributed by atoms with van der Waals surface area (Å²) in [7, 11) is 0. The Morgan fingerprint density at radius 1 is 1.10 bits per heavy atom. The maximum Gasteiger partial charge on any atom is 0.227 e. The van der Waals surface area contributed by atoms with Gasteiger partial charge >= 0.3 is 0 Å². The third kappa shape index (κ3) is 3.85. The molecule has 2 rings (SSSR count). The SMILES string of the molecule is CC(C(=O)NCCc1ccc(N)cc1)c1ccccc1. The number of carbonyl (C=O) groups is 1. The molecule has 104 valence electrons. The predicted octanol–water partition coefficient (Wildman–Crippen LogP) is 2.73. The Kier molecular flexibility index (Phi) is 4.77. The normalized spacial score (nSPS) is 11.8. The van der Waals surface area contributed by atoms with Crippen LogP contribution in [0.4, 0.5) is 5.69 Å². The third-order valence-corrected chi connectivity index (χ3v) is 3.39. The van der Waals surface area contributed by atoms with Gasteiger partial charge in [0.15, 0.2) is 0 Å². The smallest absolute Gasteiger partial charge is 0.227 e. The van der Waals surface area contributed by atoms with Crippen LogP contribution in [0.25, 0.3) is 0 Å². The topological polar surface area (TPSA) is 55.1 Å². The highest BCUT2D eigenvalue weighted by atomic mass is 16.1. The summed E-state index contributed by atoms with van der Waals surface area (Å²) in [6, 6.07) is 17.5. The molecule has 3 heteroatoms. The average molecular weight is 268 g/mol. The minimum Gasteiger partial charge on any atom is -0.399 e. The molecule has 2 aromatic carbocycles. The standard InChI is InChI=1S/C17H20N2O/c1-13(15-5-3-2-4-6-15)17(20)19-12-11-14-7-9-16(18)10-8-14/h2-10,13H,11-12,18H2,1H3,(H,19,20). The number of anilines is 1. The van der Waals surface area contributed by atoms with Crippen molar-refractivity contribution in [3.05, 3.63) is 65.7 Å². The molecule has 0 heterocycles. The minimum atomic E-state index is -0.123. The van der Waals surface area contributed by atoms with Gasteiger partial charge in [-0.15, -0.1) is 0 Å². The summed E-state index contributed by atoms with van der Waals surface area (Å²) in [6.07, 6.45) is 0.813. The molecule has 1 atom stereocenters. The lowest BCUT2D eigenvalue weighted by atomic mass is 10.0. The number of carbonyl (C=O) groups excluding carboxylic acids is 1. The van der Waals surface area contributed by atoms with Crippen molar-refractivity contribution in [3.8, 4) is 0 Å². The Labute approximate surface area is 119 Å². The first-order valence-electron chi connectivity index (χ1n) is 6.84. The van der Waals surface area contributed by atoms with Crippen LogP contribution in [-0.4, -0.2) is 12.5 Å². The Balaban J connectivity index is 1.82. The van der Waals surface area contributed by atoms with Gasteiger partial charge < -0.3 is 11.1 Å². The highest BCUT2D eigenvalue weighted by molar-refractivity contribution is 5.83. The van der Waals surface area contributed by atoms with E-state index in [1.807, 2.05) is 61.5 Å². The Bertz CT molecular complexity index is 549. The van der Waals surface area contributed by atoms with E-state index in [0.717, 1.165) is 17.7 Å². The number of nitrogens with one attached hydrogen (secondary N) is 1. The first-order valence-corrected chi connectivity index (χ1v) is 6.84. The number of hydrogen-bond acceptors (Lipinski definition) is 2. The summed E-state index contributed by atoms with van der Waals surface area (Å²) in [5.41, 5.74) is 8.61. The highest BCUT2D eigenvalue weighted by Gasteiger charge is 2.13. The van der Waals surface area contributed by atoms with Gasteiger partial charge in [-0.1, -0.05) is 42.5 Å². The molecular weight excluding hydrogens is 248 g/mol. The van der Waals surface area contributed by atoms with Crippen molar-refractivity contribution < 1.29 is 4.79 Å². The molecule has 0 bridgehead atoms. The zero-order valence-electron chi connectivity index (χ0n) is 11.7. The van der Waals surface area contributed by atoms with Gasteiger partial charge in [-0.25, -0.2) is 0 Å². The number of hydrogen-bond donors (Lipinski definition) is 2. The van der Waals surface area contributed by atoms with Crippen LogP contribution >= 0.6 is 0 Å². The number of benzene rings is 2. The van der Waals surface area contributed by atoms with E-state index in [4.69, 9.17) is 5.73 Å². The molecule has 3 nitrogen and oxygen atoms in total. The average Bonchev–Trinajstić information content (AvgIpc) is 2.49. The molecule has 0 saturated heterocycles. The molecule has 1 unspecified atom stereocenters. The maximum absolute atomic E-state index is 12.1. The molecule has 0 fully saturated rings. The lowest BCUT2D eigenvalue weighted by Crippen LogP contribution is -2.29. The van der Waals surface area contributed by atoms with Crippen molar-refractivity contribution in [2.45, 2.75) is 19.3 Å². The van der Waals surface area contributed by atoms with Crippen molar-refractivity contribution in [3.63, 3.8) is 0 Å². The van der Waals surface area contributed by atoms with Crippen molar-refractivity contribution in [1.29, 1.82) is 0 Å². The molecule has 0 radical (unpaired) electrons. The van der Waals surface area contributed by atoms with E-state index in [1.54, 1.807) is 0 Å². The van der Waals surface area contributed by atoms with E-state index in [1.165, 1.54) is 5.56 Å². The Hall–Kier alpha value is -2.29. The lowest BCUT2D eigenvalue weighted by Gasteiger charge is -2.12. The second-order valence-corrected chi connectivity index (χ2v) is 4.91. The molecule has 0 saturated carbocycles. The monoisotopic (exact) mass is 268 g/mol. The molecule has 0 spiro atoms. The molecule has 0 aliphatic rings. The molecule has 0 aliphatic heterocycles. The minimum absolute atomic E-state index is 0.0617. The second kappa shape index (κ2) is 6.75. The fourth-order valence-corrected chi connectivity index (χ4v) is 2.06. The van der Waals surface area contributed by atoms with Gasteiger partial charge in [-0.3, -0.25) is 4.79 Å². The van der Waals surface area contributed by atoms with Gasteiger partial charge in [0.25, 0.3) is 0 Å². The van der Waals surface area contributed by atoms with Gasteiger partial charge in [-0.2, -0.15) is 0 Å². The number of amides is 1. The van der Waals surface area contributed by atoms with E-state index < -0.39 is 0 Å². The summed E-state index contributed by atoms with van der Waals surface area (Å²) in [4.78, 5) is 12.1. The summed E-state index contributed by atoms with van der Waals surface area (Å²) in [5.74, 6) is -0.0609. The summed E-state index contributed by atoms with van der Waals surface area (Å²) in [5, 5.41) is 2.97. The fourth-order valence-electron chi connectivity index (χ4n) is 2.06. The van der Waals surface area contributed by atoms with Crippen molar-refractivity contribution in [2.75, 3.05) is 12.3 Å². The number of nitrogens with two attached hydrogens (primary N) is 1. The lowest BCUT2D eigenvalue weighted by molar-refractivity contribution is -0.122. The van der Waals surface area contributed by atoms with E-state index in [9.17, 15) is 4.79 Å². The van der Waals surface area contributed by atoms with Gasteiger partial charge in [-0.05, 0) is 36.6 Å². The zero-order valence-corrected chi connectivity index (χ0v) is 11.7. The van der Waals surface area contributed by atoms with Crippen molar-refractivity contribution >= 4 is 11.6 Å². The fraction of sp³-hybridized carbons (Fsp3) is 0.235. The van der Waals surface area contributed by atoms with Crippen LogP contribution in [0.2, 0.25) is 0 Å². The first-order chi connectivity index (χ1) is 9.66. The third-order valence-electron chi connectivity index (χ3n) is 3.39. The van der Waals surface area contributed by atoms with E-state index >= 15 is 0 Å². The quantitative estimate of drug-likeness (QED) is 0.819. The summed E-state index contributed by atoms with van der Waals surface area (Å²) in [6.45, 7) is 2.56. The van der Waals surface area contributed by atoms with Crippen LogP contribution in [0.5, 0.6) is 0 Å². The van der Waals surface area contributed by atoms with E-state index in [-0.39, 0.29) is 11.8 Å². The Morgan fingerprint density at radius 3 is 2.40 bits per heavy atom. The van der Waals surface area contributed by atoms with E-state index in [2.05, 4.69) is 5.32 Å². The first kappa shape index (κ1) is 14.1. The number of rotatable bonds is 5.